The van der Waals surface area contributed by atoms with Gasteiger partial charge in [0.2, 0.25) is 0 Å². The molecule has 0 radical (unpaired) electrons. The standard InChI is InChI=1S/C60H38N2OS/c1-2-13-43(14-3-1)62-55-22-9-5-16-48(55)52-37-41(29-35-56(52)62)39-25-31-44(32-26-39)61(45-33-27-40(28-34-45)47-19-12-20-51-49-17-6-10-23-57(49)63-60(47)51)54-21-8-4-15-46(54)42-30-36-59-53(38-42)50-18-7-11-24-58(50)64-59/h1-38H. The van der Waals surface area contributed by atoms with Gasteiger partial charge in [0.05, 0.1) is 16.7 Å². The number of rotatable bonds is 7. The van der Waals surface area contributed by atoms with Gasteiger partial charge in [-0.3, -0.25) is 0 Å². The van der Waals surface area contributed by atoms with E-state index in [9.17, 15) is 0 Å². The number of thiophene rings is 1. The van der Waals surface area contributed by atoms with Crippen LogP contribution in [-0.4, -0.2) is 4.57 Å². The normalized spacial score (nSPS) is 11.8. The molecule has 0 bridgehead atoms. The summed E-state index contributed by atoms with van der Waals surface area (Å²) in [5, 5.41) is 7.34. The predicted octanol–water partition coefficient (Wildman–Crippen LogP) is 17.5. The zero-order valence-electron chi connectivity index (χ0n) is 34.7. The maximum absolute atomic E-state index is 6.47. The van der Waals surface area contributed by atoms with Gasteiger partial charge in [0.25, 0.3) is 0 Å². The molecule has 3 heterocycles. The molecule has 0 aliphatic rings. The lowest BCUT2D eigenvalue weighted by Crippen LogP contribution is -2.11. The Morgan fingerprint density at radius 1 is 0.359 bits per heavy atom. The van der Waals surface area contributed by atoms with E-state index in [4.69, 9.17) is 4.42 Å². The molecule has 0 atom stereocenters. The number of benzene rings is 10. The van der Waals surface area contributed by atoms with Gasteiger partial charge in [-0.1, -0.05) is 146 Å². The minimum atomic E-state index is 0.903. The van der Waals surface area contributed by atoms with Crippen molar-refractivity contribution in [3.8, 4) is 39.1 Å². The van der Waals surface area contributed by atoms with E-state index in [-0.39, 0.29) is 0 Å². The molecule has 0 spiro atoms. The fraction of sp³-hybridized carbons (Fsp3) is 0. The van der Waals surface area contributed by atoms with E-state index in [1.165, 1.54) is 64.2 Å². The van der Waals surface area contributed by atoms with Crippen LogP contribution in [0.15, 0.2) is 235 Å². The summed E-state index contributed by atoms with van der Waals surface area (Å²) in [6.07, 6.45) is 0. The van der Waals surface area contributed by atoms with E-state index >= 15 is 0 Å². The van der Waals surface area contributed by atoms with Crippen LogP contribution in [-0.2, 0) is 0 Å². The summed E-state index contributed by atoms with van der Waals surface area (Å²) in [4.78, 5) is 2.40. The summed E-state index contributed by atoms with van der Waals surface area (Å²) in [6, 6.07) is 83.4. The van der Waals surface area contributed by atoms with Crippen molar-refractivity contribution >= 4 is 92.3 Å². The van der Waals surface area contributed by atoms with E-state index in [2.05, 4.69) is 228 Å². The van der Waals surface area contributed by atoms with Crippen LogP contribution in [0, 0.1) is 0 Å². The van der Waals surface area contributed by atoms with Crippen molar-refractivity contribution in [3.05, 3.63) is 231 Å². The molecule has 0 aliphatic heterocycles. The van der Waals surface area contributed by atoms with Crippen molar-refractivity contribution in [1.29, 1.82) is 0 Å². The van der Waals surface area contributed by atoms with Crippen LogP contribution in [0.2, 0.25) is 0 Å². The van der Waals surface area contributed by atoms with E-state index < -0.39 is 0 Å². The summed E-state index contributed by atoms with van der Waals surface area (Å²) < 4.78 is 11.5. The fourth-order valence-electron chi connectivity index (χ4n) is 9.81. The second-order valence-electron chi connectivity index (χ2n) is 16.5. The van der Waals surface area contributed by atoms with Gasteiger partial charge in [0.15, 0.2) is 0 Å². The van der Waals surface area contributed by atoms with Gasteiger partial charge in [-0.05, 0) is 107 Å². The number of hydrogen-bond acceptors (Lipinski definition) is 3. The zero-order chi connectivity index (χ0) is 42.1. The third-order valence-corrected chi connectivity index (χ3v) is 14.0. The Morgan fingerprint density at radius 3 is 1.80 bits per heavy atom. The summed E-state index contributed by atoms with van der Waals surface area (Å²) >= 11 is 1.85. The highest BCUT2D eigenvalue weighted by Gasteiger charge is 2.20. The Kier molecular flexibility index (Phi) is 8.40. The lowest BCUT2D eigenvalue weighted by molar-refractivity contribution is 0.670. The molecule has 300 valence electrons. The Hall–Kier alpha value is -8.18. The monoisotopic (exact) mass is 834 g/mol. The molecule has 0 fully saturated rings. The van der Waals surface area contributed by atoms with Crippen LogP contribution in [0.25, 0.3) is 103 Å². The molecular formula is C60H38N2OS. The van der Waals surface area contributed by atoms with E-state index in [1.54, 1.807) is 0 Å². The lowest BCUT2D eigenvalue weighted by Gasteiger charge is -2.28. The first-order valence-corrected chi connectivity index (χ1v) is 22.6. The Balaban J connectivity index is 0.939. The molecule has 4 heteroatoms. The third-order valence-electron chi connectivity index (χ3n) is 12.8. The maximum Gasteiger partial charge on any atom is 0.143 e. The van der Waals surface area contributed by atoms with Crippen LogP contribution in [0.5, 0.6) is 0 Å². The average molecular weight is 835 g/mol. The van der Waals surface area contributed by atoms with Gasteiger partial charge in [-0.25, -0.2) is 0 Å². The fourth-order valence-corrected chi connectivity index (χ4v) is 10.9. The van der Waals surface area contributed by atoms with Gasteiger partial charge in [0, 0.05) is 69.9 Å². The highest BCUT2D eigenvalue weighted by Crippen LogP contribution is 2.45. The third kappa shape index (κ3) is 5.88. The van der Waals surface area contributed by atoms with Crippen molar-refractivity contribution in [2.45, 2.75) is 0 Å². The van der Waals surface area contributed by atoms with Crippen LogP contribution >= 0.6 is 11.3 Å². The number of hydrogen-bond donors (Lipinski definition) is 0. The minimum Gasteiger partial charge on any atom is -0.455 e. The molecule has 0 saturated carbocycles. The van der Waals surface area contributed by atoms with Crippen LogP contribution in [0.1, 0.15) is 0 Å². The lowest BCUT2D eigenvalue weighted by atomic mass is 9.98. The quantitative estimate of drug-likeness (QED) is 0.159. The Bertz CT molecular complexity index is 3890. The van der Waals surface area contributed by atoms with Crippen molar-refractivity contribution in [2.24, 2.45) is 0 Å². The molecule has 0 N–H and O–H groups in total. The Labute approximate surface area is 373 Å². The first kappa shape index (κ1) is 36.5. The first-order chi connectivity index (χ1) is 31.7. The van der Waals surface area contributed by atoms with Crippen molar-refractivity contribution < 1.29 is 4.42 Å². The van der Waals surface area contributed by atoms with Crippen LogP contribution in [0.4, 0.5) is 17.1 Å². The molecule has 13 rings (SSSR count). The predicted molar refractivity (Wildman–Crippen MR) is 272 cm³/mol. The van der Waals surface area contributed by atoms with Gasteiger partial charge in [-0.2, -0.15) is 0 Å². The molecule has 0 saturated heterocycles. The highest BCUT2D eigenvalue weighted by atomic mass is 32.1. The molecule has 10 aromatic carbocycles. The van der Waals surface area contributed by atoms with Crippen molar-refractivity contribution in [2.75, 3.05) is 4.90 Å². The maximum atomic E-state index is 6.47. The largest absolute Gasteiger partial charge is 0.455 e. The molecule has 0 aliphatic carbocycles. The first-order valence-electron chi connectivity index (χ1n) is 21.7. The Morgan fingerprint density at radius 2 is 0.953 bits per heavy atom. The molecule has 3 aromatic heterocycles. The number of fused-ring (bicyclic) bond motifs is 9. The van der Waals surface area contributed by atoms with E-state index in [1.807, 2.05) is 23.5 Å². The number of anilines is 3. The van der Waals surface area contributed by atoms with Crippen LogP contribution in [0.3, 0.4) is 0 Å². The second-order valence-corrected chi connectivity index (χ2v) is 17.5. The van der Waals surface area contributed by atoms with Gasteiger partial charge < -0.3 is 13.9 Å². The number of para-hydroxylation sites is 5. The van der Waals surface area contributed by atoms with Gasteiger partial charge in [0.1, 0.15) is 11.2 Å². The zero-order valence-corrected chi connectivity index (χ0v) is 35.5. The number of nitrogens with zero attached hydrogens (tertiary/aromatic N) is 2. The van der Waals surface area contributed by atoms with Gasteiger partial charge >= 0.3 is 0 Å². The molecule has 0 unspecified atom stereocenters. The van der Waals surface area contributed by atoms with E-state index in [0.29, 0.717) is 0 Å². The van der Waals surface area contributed by atoms with E-state index in [0.717, 1.165) is 55.8 Å². The number of furan rings is 1. The average Bonchev–Trinajstić information content (AvgIpc) is 4.04. The highest BCUT2D eigenvalue weighted by molar-refractivity contribution is 7.25. The summed E-state index contributed by atoms with van der Waals surface area (Å²) in [6.45, 7) is 0. The van der Waals surface area contributed by atoms with Crippen LogP contribution < -0.4 is 4.90 Å². The molecule has 0 amide bonds. The molecule has 3 nitrogen and oxygen atoms in total. The topological polar surface area (TPSA) is 21.3 Å². The second kappa shape index (κ2) is 14.7. The van der Waals surface area contributed by atoms with Crippen molar-refractivity contribution in [1.82, 2.24) is 4.57 Å². The number of aromatic nitrogens is 1. The smallest absolute Gasteiger partial charge is 0.143 e. The minimum absolute atomic E-state index is 0.903. The van der Waals surface area contributed by atoms with Crippen molar-refractivity contribution in [3.63, 3.8) is 0 Å². The van der Waals surface area contributed by atoms with Gasteiger partial charge in [-0.15, -0.1) is 11.3 Å². The summed E-state index contributed by atoms with van der Waals surface area (Å²) in [5.74, 6) is 0. The molecule has 64 heavy (non-hydrogen) atoms. The molecule has 13 aromatic rings. The molecular weight excluding hydrogens is 797 g/mol. The SMILES string of the molecule is c1ccc(-n2c3ccccc3c3cc(-c4ccc(N(c5ccc(-c6cccc7c6oc6ccccc67)cc5)c5ccccc5-c5ccc6sc7ccccc7c6c5)cc4)ccc32)cc1. The summed E-state index contributed by atoms with van der Waals surface area (Å²) in [7, 11) is 0. The summed E-state index contributed by atoms with van der Waals surface area (Å²) in [5.41, 5.74) is 15.5.